The largest absolute Gasteiger partial charge is 0.338 e. The fourth-order valence-electron chi connectivity index (χ4n) is 3.36. The van der Waals surface area contributed by atoms with Gasteiger partial charge in [0.25, 0.3) is 0 Å². The summed E-state index contributed by atoms with van der Waals surface area (Å²) in [6.07, 6.45) is 7.15. The maximum absolute atomic E-state index is 12.6. The maximum Gasteiger partial charge on any atom is 0.223 e. The van der Waals surface area contributed by atoms with Crippen LogP contribution in [0.3, 0.4) is 0 Å². The van der Waals surface area contributed by atoms with Gasteiger partial charge in [-0.05, 0) is 31.0 Å². The minimum Gasteiger partial charge on any atom is -0.338 e. The molecule has 3 aromatic rings. The molecule has 1 aliphatic rings. The van der Waals surface area contributed by atoms with Crippen LogP contribution in [0.4, 0.5) is 0 Å². The van der Waals surface area contributed by atoms with Gasteiger partial charge in [-0.15, -0.1) is 11.3 Å². The van der Waals surface area contributed by atoms with Crippen LogP contribution in [0.15, 0.2) is 42.7 Å². The van der Waals surface area contributed by atoms with Gasteiger partial charge in [0.15, 0.2) is 0 Å². The van der Waals surface area contributed by atoms with E-state index in [2.05, 4.69) is 16.1 Å². The molecule has 0 radical (unpaired) electrons. The first-order chi connectivity index (χ1) is 11.8. The van der Waals surface area contributed by atoms with Gasteiger partial charge in [0, 0.05) is 31.8 Å². The quantitative estimate of drug-likeness (QED) is 0.717. The standard InChI is InChI=1S/C18H20N4OS/c23-18(9-8-17-20-15-6-1-2-7-16(15)24-17)22-12-3-5-14(22)13-21-11-4-10-19-21/h1-2,4,6-7,10-11,14H,3,5,8-9,12-13H2. The SMILES string of the molecule is O=C(CCc1nc2ccccc2s1)N1CCCC1Cn1cccn1. The molecular weight excluding hydrogens is 320 g/mol. The molecule has 0 bridgehead atoms. The van der Waals surface area contributed by atoms with E-state index in [1.807, 2.05) is 40.0 Å². The van der Waals surface area contributed by atoms with E-state index in [0.29, 0.717) is 6.42 Å². The van der Waals surface area contributed by atoms with Gasteiger partial charge in [-0.25, -0.2) is 4.98 Å². The molecule has 0 saturated carbocycles. The highest BCUT2D eigenvalue weighted by atomic mass is 32.1. The van der Waals surface area contributed by atoms with Crippen molar-refractivity contribution < 1.29 is 4.79 Å². The van der Waals surface area contributed by atoms with E-state index in [0.717, 1.165) is 42.9 Å². The van der Waals surface area contributed by atoms with Gasteiger partial charge in [-0.2, -0.15) is 5.10 Å². The fourth-order valence-corrected chi connectivity index (χ4v) is 4.33. The van der Waals surface area contributed by atoms with Gasteiger partial charge in [0.1, 0.15) is 0 Å². The number of fused-ring (bicyclic) bond motifs is 1. The molecule has 0 aliphatic carbocycles. The lowest BCUT2D eigenvalue weighted by molar-refractivity contribution is -0.132. The first-order valence-corrected chi connectivity index (χ1v) is 9.22. The predicted octanol–water partition coefficient (Wildman–Crippen LogP) is 3.12. The van der Waals surface area contributed by atoms with Crippen molar-refractivity contribution in [1.29, 1.82) is 0 Å². The Balaban J connectivity index is 1.38. The predicted molar refractivity (Wildman–Crippen MR) is 94.9 cm³/mol. The van der Waals surface area contributed by atoms with Crippen molar-refractivity contribution in [3.05, 3.63) is 47.7 Å². The zero-order valence-corrected chi connectivity index (χ0v) is 14.3. The zero-order valence-electron chi connectivity index (χ0n) is 13.5. The number of hydrogen-bond acceptors (Lipinski definition) is 4. The highest BCUT2D eigenvalue weighted by Gasteiger charge is 2.28. The summed E-state index contributed by atoms with van der Waals surface area (Å²) in [5.41, 5.74) is 1.03. The summed E-state index contributed by atoms with van der Waals surface area (Å²) in [5, 5.41) is 5.31. The average molecular weight is 340 g/mol. The van der Waals surface area contributed by atoms with Crippen LogP contribution in [0.25, 0.3) is 10.2 Å². The zero-order chi connectivity index (χ0) is 16.4. The molecule has 1 saturated heterocycles. The lowest BCUT2D eigenvalue weighted by Crippen LogP contribution is -2.38. The van der Waals surface area contributed by atoms with E-state index in [1.54, 1.807) is 17.5 Å². The molecule has 5 nitrogen and oxygen atoms in total. The number of likely N-dealkylation sites (tertiary alicyclic amines) is 1. The van der Waals surface area contributed by atoms with Gasteiger partial charge >= 0.3 is 0 Å². The van der Waals surface area contributed by atoms with Crippen LogP contribution in [0, 0.1) is 0 Å². The number of thiazole rings is 1. The molecule has 24 heavy (non-hydrogen) atoms. The molecule has 6 heteroatoms. The minimum atomic E-state index is 0.240. The summed E-state index contributed by atoms with van der Waals surface area (Å²) in [6.45, 7) is 1.66. The molecule has 1 fully saturated rings. The molecule has 3 heterocycles. The monoisotopic (exact) mass is 340 g/mol. The lowest BCUT2D eigenvalue weighted by Gasteiger charge is -2.24. The Bertz CT molecular complexity index is 794. The van der Waals surface area contributed by atoms with Crippen LogP contribution >= 0.6 is 11.3 Å². The second kappa shape index (κ2) is 6.73. The van der Waals surface area contributed by atoms with Crippen molar-refractivity contribution in [3.8, 4) is 0 Å². The number of aromatic nitrogens is 3. The van der Waals surface area contributed by atoms with Crippen LogP contribution < -0.4 is 0 Å². The third-order valence-corrected chi connectivity index (χ3v) is 5.64. The topological polar surface area (TPSA) is 51.0 Å². The van der Waals surface area contributed by atoms with Crippen LogP contribution in [-0.2, 0) is 17.8 Å². The van der Waals surface area contributed by atoms with E-state index >= 15 is 0 Å². The van der Waals surface area contributed by atoms with Crippen LogP contribution in [-0.4, -0.2) is 38.2 Å². The van der Waals surface area contributed by atoms with Crippen molar-refractivity contribution in [2.45, 2.75) is 38.3 Å². The number of rotatable bonds is 5. The first-order valence-electron chi connectivity index (χ1n) is 8.41. The summed E-state index contributed by atoms with van der Waals surface area (Å²) < 4.78 is 3.11. The van der Waals surface area contributed by atoms with E-state index in [9.17, 15) is 4.79 Å². The summed E-state index contributed by atoms with van der Waals surface area (Å²) in [4.78, 5) is 19.3. The van der Waals surface area contributed by atoms with E-state index in [4.69, 9.17) is 0 Å². The highest BCUT2D eigenvalue weighted by Crippen LogP contribution is 2.24. The number of hydrogen-bond donors (Lipinski definition) is 0. The second-order valence-corrected chi connectivity index (χ2v) is 7.30. The van der Waals surface area contributed by atoms with E-state index < -0.39 is 0 Å². The van der Waals surface area contributed by atoms with Crippen LogP contribution in [0.2, 0.25) is 0 Å². The molecule has 1 aliphatic heterocycles. The minimum absolute atomic E-state index is 0.240. The third kappa shape index (κ3) is 3.19. The Morgan fingerprint density at radius 3 is 3.04 bits per heavy atom. The number of carbonyl (C=O) groups is 1. The average Bonchev–Trinajstić information content (AvgIpc) is 3.33. The van der Waals surface area contributed by atoms with Crippen molar-refractivity contribution >= 4 is 27.5 Å². The number of benzene rings is 1. The summed E-state index contributed by atoms with van der Waals surface area (Å²) in [7, 11) is 0. The van der Waals surface area contributed by atoms with Crippen LogP contribution in [0.5, 0.6) is 0 Å². The molecular formula is C18H20N4OS. The number of nitrogens with zero attached hydrogens (tertiary/aromatic N) is 4. The Hall–Kier alpha value is -2.21. The summed E-state index contributed by atoms with van der Waals surface area (Å²) in [6, 6.07) is 10.3. The van der Waals surface area contributed by atoms with Gasteiger partial charge in [-0.1, -0.05) is 12.1 Å². The van der Waals surface area contributed by atoms with Crippen molar-refractivity contribution in [2.75, 3.05) is 6.54 Å². The molecule has 0 spiro atoms. The van der Waals surface area contributed by atoms with Gasteiger partial charge in [-0.3, -0.25) is 9.48 Å². The Morgan fingerprint density at radius 1 is 1.29 bits per heavy atom. The molecule has 0 N–H and O–H groups in total. The fraction of sp³-hybridized carbons (Fsp3) is 0.389. The Morgan fingerprint density at radius 2 is 2.21 bits per heavy atom. The summed E-state index contributed by atoms with van der Waals surface area (Å²) in [5.74, 6) is 0.240. The Kier molecular flexibility index (Phi) is 4.30. The second-order valence-electron chi connectivity index (χ2n) is 6.19. The third-order valence-electron chi connectivity index (χ3n) is 4.55. The maximum atomic E-state index is 12.6. The molecule has 124 valence electrons. The highest BCUT2D eigenvalue weighted by molar-refractivity contribution is 7.18. The van der Waals surface area contributed by atoms with E-state index in [1.165, 1.54) is 4.70 Å². The van der Waals surface area contributed by atoms with Crippen molar-refractivity contribution in [1.82, 2.24) is 19.7 Å². The number of carbonyl (C=O) groups excluding carboxylic acids is 1. The lowest BCUT2D eigenvalue weighted by atomic mass is 10.2. The van der Waals surface area contributed by atoms with Crippen molar-refractivity contribution in [2.24, 2.45) is 0 Å². The van der Waals surface area contributed by atoms with Crippen molar-refractivity contribution in [3.63, 3.8) is 0 Å². The smallest absolute Gasteiger partial charge is 0.223 e. The van der Waals surface area contributed by atoms with Gasteiger partial charge in [0.05, 0.1) is 27.8 Å². The molecule has 4 rings (SSSR count). The summed E-state index contributed by atoms with van der Waals surface area (Å²) >= 11 is 1.69. The van der Waals surface area contributed by atoms with Crippen LogP contribution in [0.1, 0.15) is 24.3 Å². The molecule has 1 unspecified atom stereocenters. The van der Waals surface area contributed by atoms with E-state index in [-0.39, 0.29) is 11.9 Å². The molecule has 2 aromatic heterocycles. The molecule has 1 amide bonds. The first kappa shape index (κ1) is 15.3. The Labute approximate surface area is 144 Å². The molecule has 1 atom stereocenters. The number of para-hydroxylation sites is 1. The van der Waals surface area contributed by atoms with Gasteiger partial charge in [0.2, 0.25) is 5.91 Å². The number of aryl methyl sites for hydroxylation is 1. The number of amides is 1. The molecule has 1 aromatic carbocycles. The normalized spacial score (nSPS) is 17.7. The van der Waals surface area contributed by atoms with Gasteiger partial charge < -0.3 is 4.90 Å².